The fraction of sp³-hybridized carbons (Fsp3) is 0.409. The molecule has 1 fully saturated rings. The summed E-state index contributed by atoms with van der Waals surface area (Å²) in [6.07, 6.45) is 1.75. The second kappa shape index (κ2) is 11.4. The third-order valence-electron chi connectivity index (χ3n) is 5.29. The van der Waals surface area contributed by atoms with Crippen LogP contribution in [0.5, 0.6) is 0 Å². The molecule has 1 saturated heterocycles. The highest BCUT2D eigenvalue weighted by Crippen LogP contribution is 2.26. The summed E-state index contributed by atoms with van der Waals surface area (Å²) in [7, 11) is 0. The quantitative estimate of drug-likeness (QED) is 0.585. The van der Waals surface area contributed by atoms with Crippen LogP contribution < -0.4 is 10.6 Å². The predicted octanol–water partition coefficient (Wildman–Crippen LogP) is 3.16. The molecule has 7 nitrogen and oxygen atoms in total. The van der Waals surface area contributed by atoms with E-state index in [2.05, 4.69) is 34.5 Å². The zero-order valence-corrected chi connectivity index (χ0v) is 19.5. The lowest BCUT2D eigenvalue weighted by molar-refractivity contribution is 0.0949. The van der Waals surface area contributed by atoms with Gasteiger partial charge in [-0.3, -0.25) is 9.69 Å². The van der Waals surface area contributed by atoms with Crippen molar-refractivity contribution in [3.63, 3.8) is 0 Å². The first-order chi connectivity index (χ1) is 14.1. The molecule has 2 aromatic heterocycles. The Balaban J connectivity index is 0.00000171. The molecular formula is C22H30Cl2N6O. The molecule has 1 aromatic carbocycles. The number of carbonyl (C=O) groups excluding carboxylic acids is 1. The molecule has 0 saturated carbocycles. The van der Waals surface area contributed by atoms with E-state index in [4.69, 9.17) is 4.98 Å². The molecule has 2 N–H and O–H groups in total. The Hall–Kier alpha value is -2.19. The molecule has 4 rings (SSSR count). The fourth-order valence-electron chi connectivity index (χ4n) is 3.70. The molecule has 0 atom stereocenters. The maximum Gasteiger partial charge on any atom is 0.252 e. The van der Waals surface area contributed by atoms with Crippen LogP contribution >= 0.6 is 24.8 Å². The average Bonchev–Trinajstić information content (AvgIpc) is 3.19. The maximum absolute atomic E-state index is 13.1. The van der Waals surface area contributed by atoms with Gasteiger partial charge in [0.15, 0.2) is 5.65 Å². The third kappa shape index (κ3) is 5.74. The summed E-state index contributed by atoms with van der Waals surface area (Å²) in [5.41, 5.74) is 3.14. The smallest absolute Gasteiger partial charge is 0.252 e. The first-order valence-corrected chi connectivity index (χ1v) is 10.3. The van der Waals surface area contributed by atoms with E-state index in [0.717, 1.165) is 55.0 Å². The van der Waals surface area contributed by atoms with Crippen molar-refractivity contribution in [2.45, 2.75) is 19.9 Å². The number of amides is 1. The Bertz CT molecular complexity index is 986. The first-order valence-electron chi connectivity index (χ1n) is 10.3. The summed E-state index contributed by atoms with van der Waals surface area (Å²) in [5.74, 6) is -0.0759. The Morgan fingerprint density at radius 1 is 1.16 bits per heavy atom. The van der Waals surface area contributed by atoms with Gasteiger partial charge in [-0.05, 0) is 19.9 Å². The molecule has 3 heterocycles. The van der Waals surface area contributed by atoms with Gasteiger partial charge in [0, 0.05) is 50.9 Å². The third-order valence-corrected chi connectivity index (χ3v) is 5.29. The van der Waals surface area contributed by atoms with Crippen molar-refractivity contribution in [2.75, 3.05) is 39.3 Å². The molecule has 0 spiro atoms. The van der Waals surface area contributed by atoms with Crippen molar-refractivity contribution in [3.8, 4) is 11.3 Å². The number of aromatic nitrogens is 3. The van der Waals surface area contributed by atoms with Crippen LogP contribution in [0.25, 0.3) is 22.3 Å². The van der Waals surface area contributed by atoms with E-state index in [1.807, 2.05) is 41.1 Å². The number of piperazine rings is 1. The van der Waals surface area contributed by atoms with Gasteiger partial charge in [-0.2, -0.15) is 5.10 Å². The minimum atomic E-state index is -0.0759. The van der Waals surface area contributed by atoms with Gasteiger partial charge in [0.25, 0.3) is 5.91 Å². The Kier molecular flexibility index (Phi) is 9.25. The Morgan fingerprint density at radius 3 is 2.55 bits per heavy atom. The molecule has 3 aromatic rings. The molecule has 1 aliphatic rings. The summed E-state index contributed by atoms with van der Waals surface area (Å²) in [4.78, 5) is 20.3. The predicted molar refractivity (Wildman–Crippen MR) is 129 cm³/mol. The van der Waals surface area contributed by atoms with Crippen molar-refractivity contribution in [3.05, 3.63) is 48.2 Å². The van der Waals surface area contributed by atoms with E-state index in [1.54, 1.807) is 6.20 Å². The molecule has 168 valence electrons. The lowest BCUT2D eigenvalue weighted by atomic mass is 10.1. The number of hydrogen-bond acceptors (Lipinski definition) is 5. The van der Waals surface area contributed by atoms with Crippen LogP contribution in [0.4, 0.5) is 0 Å². The largest absolute Gasteiger partial charge is 0.351 e. The number of carbonyl (C=O) groups is 1. The van der Waals surface area contributed by atoms with Gasteiger partial charge in [0.1, 0.15) is 0 Å². The van der Waals surface area contributed by atoms with Crippen LogP contribution in [0.1, 0.15) is 30.2 Å². The molecule has 0 bridgehead atoms. The van der Waals surface area contributed by atoms with Crippen LogP contribution in [0.2, 0.25) is 0 Å². The summed E-state index contributed by atoms with van der Waals surface area (Å²) >= 11 is 0. The van der Waals surface area contributed by atoms with Crippen LogP contribution in [0.15, 0.2) is 42.6 Å². The van der Waals surface area contributed by atoms with E-state index in [9.17, 15) is 4.79 Å². The van der Waals surface area contributed by atoms with Crippen molar-refractivity contribution >= 4 is 41.8 Å². The van der Waals surface area contributed by atoms with Gasteiger partial charge in [0.2, 0.25) is 0 Å². The average molecular weight is 465 g/mol. The van der Waals surface area contributed by atoms with Crippen molar-refractivity contribution in [1.82, 2.24) is 30.3 Å². The van der Waals surface area contributed by atoms with E-state index in [-0.39, 0.29) is 36.8 Å². The van der Waals surface area contributed by atoms with Crippen LogP contribution in [0.3, 0.4) is 0 Å². The minimum absolute atomic E-state index is 0. The lowest BCUT2D eigenvalue weighted by Gasteiger charge is -2.27. The molecule has 1 aliphatic heterocycles. The Labute approximate surface area is 195 Å². The van der Waals surface area contributed by atoms with Crippen molar-refractivity contribution in [1.29, 1.82) is 0 Å². The zero-order valence-electron chi connectivity index (χ0n) is 17.9. The number of nitrogens with zero attached hydrogens (tertiary/aromatic N) is 4. The summed E-state index contributed by atoms with van der Waals surface area (Å²) in [6, 6.07) is 12.0. The summed E-state index contributed by atoms with van der Waals surface area (Å²) < 4.78 is 1.87. The molecule has 0 radical (unpaired) electrons. The van der Waals surface area contributed by atoms with Gasteiger partial charge in [-0.25, -0.2) is 9.67 Å². The number of fused-ring (bicyclic) bond motifs is 1. The number of halogens is 2. The molecule has 31 heavy (non-hydrogen) atoms. The summed E-state index contributed by atoms with van der Waals surface area (Å²) in [6.45, 7) is 9.68. The van der Waals surface area contributed by atoms with Crippen molar-refractivity contribution in [2.24, 2.45) is 0 Å². The highest BCUT2D eigenvalue weighted by molar-refractivity contribution is 6.06. The second-order valence-corrected chi connectivity index (χ2v) is 7.69. The van der Waals surface area contributed by atoms with E-state index in [1.165, 1.54) is 0 Å². The zero-order chi connectivity index (χ0) is 20.2. The van der Waals surface area contributed by atoms with Gasteiger partial charge in [0.05, 0.1) is 22.8 Å². The van der Waals surface area contributed by atoms with Crippen LogP contribution in [-0.2, 0) is 0 Å². The fourth-order valence-corrected chi connectivity index (χ4v) is 3.70. The topological polar surface area (TPSA) is 75.1 Å². The maximum atomic E-state index is 13.1. The number of pyridine rings is 1. The minimum Gasteiger partial charge on any atom is -0.351 e. The standard InChI is InChI=1S/C22H28N6O.2ClH/c1-16(2)28-21-19(15-25-28)18(14-20(26-21)17-6-4-3-5-7-17)22(29)24-10-13-27-11-8-23-9-12-27;;/h3-7,14-16,23H,8-13H2,1-2H3,(H,24,29);2*1H. The van der Waals surface area contributed by atoms with Crippen LogP contribution in [0, 0.1) is 0 Å². The normalized spacial score (nSPS) is 14.2. The van der Waals surface area contributed by atoms with E-state index < -0.39 is 0 Å². The van der Waals surface area contributed by atoms with Gasteiger partial charge in [-0.15, -0.1) is 24.8 Å². The molecule has 1 amide bonds. The summed E-state index contributed by atoms with van der Waals surface area (Å²) in [5, 5.41) is 11.7. The van der Waals surface area contributed by atoms with Gasteiger partial charge in [-0.1, -0.05) is 30.3 Å². The van der Waals surface area contributed by atoms with Gasteiger partial charge >= 0.3 is 0 Å². The number of benzene rings is 1. The highest BCUT2D eigenvalue weighted by atomic mass is 35.5. The van der Waals surface area contributed by atoms with Crippen molar-refractivity contribution < 1.29 is 4.79 Å². The SMILES string of the molecule is CC(C)n1ncc2c(C(=O)NCCN3CCNCC3)cc(-c3ccccc3)nc21.Cl.Cl. The molecule has 0 aliphatic carbocycles. The number of hydrogen-bond donors (Lipinski definition) is 2. The highest BCUT2D eigenvalue weighted by Gasteiger charge is 2.18. The number of rotatable bonds is 6. The lowest BCUT2D eigenvalue weighted by Crippen LogP contribution is -2.46. The molecule has 9 heteroatoms. The second-order valence-electron chi connectivity index (χ2n) is 7.69. The Morgan fingerprint density at radius 2 is 1.87 bits per heavy atom. The van der Waals surface area contributed by atoms with Gasteiger partial charge < -0.3 is 10.6 Å². The van der Waals surface area contributed by atoms with Crippen LogP contribution in [-0.4, -0.2) is 64.8 Å². The number of nitrogens with one attached hydrogen (secondary N) is 2. The van der Waals surface area contributed by atoms with E-state index in [0.29, 0.717) is 12.1 Å². The molecular weight excluding hydrogens is 435 g/mol. The van der Waals surface area contributed by atoms with E-state index >= 15 is 0 Å². The molecule has 0 unspecified atom stereocenters. The monoisotopic (exact) mass is 464 g/mol. The first kappa shape index (κ1) is 25.1.